The van der Waals surface area contributed by atoms with E-state index in [0.717, 1.165) is 6.07 Å². The first-order valence-electron chi connectivity index (χ1n) is 4.07. The fourth-order valence-electron chi connectivity index (χ4n) is 1.08. The molecule has 0 amide bonds. The Kier molecular flexibility index (Phi) is 3.49. The van der Waals surface area contributed by atoms with Crippen molar-refractivity contribution in [2.75, 3.05) is 0 Å². The average molecular weight is 234 g/mol. The number of halogens is 2. The van der Waals surface area contributed by atoms with Gasteiger partial charge in [0, 0.05) is 17.0 Å². The van der Waals surface area contributed by atoms with Gasteiger partial charge in [-0.15, -0.1) is 0 Å². The smallest absolute Gasteiger partial charge is 0.320 e. The Morgan fingerprint density at radius 3 is 2.73 bits per heavy atom. The van der Waals surface area contributed by atoms with Crippen LogP contribution in [-0.2, 0) is 11.2 Å². The Bertz CT molecular complexity index is 397. The van der Waals surface area contributed by atoms with Gasteiger partial charge in [0.15, 0.2) is 11.6 Å². The number of phenols is 1. The summed E-state index contributed by atoms with van der Waals surface area (Å²) in [7, 11) is 0. The second kappa shape index (κ2) is 4.46. The molecule has 15 heavy (non-hydrogen) atoms. The second-order valence-corrected chi connectivity index (χ2v) is 3.42. The maximum absolute atomic E-state index is 13.3. The molecule has 6 heteroatoms. The SMILES string of the molecule is NC(Cc1c(Cl)ccc(O)c1F)C(=O)O. The highest BCUT2D eigenvalue weighted by Crippen LogP contribution is 2.27. The number of aromatic hydroxyl groups is 1. The van der Waals surface area contributed by atoms with Crippen LogP contribution >= 0.6 is 11.6 Å². The van der Waals surface area contributed by atoms with Gasteiger partial charge in [0.25, 0.3) is 0 Å². The molecular weight excluding hydrogens is 225 g/mol. The minimum Gasteiger partial charge on any atom is -0.505 e. The highest BCUT2D eigenvalue weighted by Gasteiger charge is 2.19. The molecule has 0 fully saturated rings. The maximum Gasteiger partial charge on any atom is 0.320 e. The van der Waals surface area contributed by atoms with Crippen LogP contribution in [0.3, 0.4) is 0 Å². The van der Waals surface area contributed by atoms with E-state index in [1.165, 1.54) is 6.07 Å². The topological polar surface area (TPSA) is 83.5 Å². The molecule has 1 atom stereocenters. The molecule has 0 heterocycles. The lowest BCUT2D eigenvalue weighted by Crippen LogP contribution is -2.32. The lowest BCUT2D eigenvalue weighted by molar-refractivity contribution is -0.138. The van der Waals surface area contributed by atoms with E-state index in [-0.39, 0.29) is 17.0 Å². The van der Waals surface area contributed by atoms with Crippen molar-refractivity contribution in [1.29, 1.82) is 0 Å². The first-order valence-corrected chi connectivity index (χ1v) is 4.45. The van der Waals surface area contributed by atoms with E-state index in [9.17, 15) is 9.18 Å². The minimum atomic E-state index is -1.26. The van der Waals surface area contributed by atoms with Crippen LogP contribution in [0.15, 0.2) is 12.1 Å². The average Bonchev–Trinajstić information content (AvgIpc) is 2.18. The predicted molar refractivity (Wildman–Crippen MR) is 52.4 cm³/mol. The van der Waals surface area contributed by atoms with Gasteiger partial charge in [-0.3, -0.25) is 4.79 Å². The summed E-state index contributed by atoms with van der Waals surface area (Å²) in [5, 5.41) is 17.6. The van der Waals surface area contributed by atoms with Crippen LogP contribution < -0.4 is 5.73 Å². The normalized spacial score (nSPS) is 12.5. The van der Waals surface area contributed by atoms with Gasteiger partial charge in [0.1, 0.15) is 6.04 Å². The molecule has 0 radical (unpaired) electrons. The Hall–Kier alpha value is -1.33. The van der Waals surface area contributed by atoms with Crippen molar-refractivity contribution < 1.29 is 19.4 Å². The van der Waals surface area contributed by atoms with Crippen molar-refractivity contribution in [3.63, 3.8) is 0 Å². The molecule has 82 valence electrons. The molecule has 1 rings (SSSR count). The van der Waals surface area contributed by atoms with Crippen molar-refractivity contribution >= 4 is 17.6 Å². The van der Waals surface area contributed by atoms with E-state index in [4.69, 9.17) is 27.5 Å². The first kappa shape index (κ1) is 11.7. The highest BCUT2D eigenvalue weighted by molar-refractivity contribution is 6.31. The van der Waals surface area contributed by atoms with Crippen molar-refractivity contribution in [1.82, 2.24) is 0 Å². The lowest BCUT2D eigenvalue weighted by atomic mass is 10.1. The molecule has 0 aliphatic heterocycles. The molecule has 1 aromatic rings. The van der Waals surface area contributed by atoms with Gasteiger partial charge >= 0.3 is 5.97 Å². The first-order chi connectivity index (χ1) is 6.93. The molecule has 1 unspecified atom stereocenters. The summed E-state index contributed by atoms with van der Waals surface area (Å²) < 4.78 is 13.3. The van der Waals surface area contributed by atoms with Gasteiger partial charge in [0.2, 0.25) is 0 Å². The summed E-state index contributed by atoms with van der Waals surface area (Å²) in [6, 6.07) is 1.12. The van der Waals surface area contributed by atoms with Gasteiger partial charge in [0.05, 0.1) is 0 Å². The number of hydrogen-bond acceptors (Lipinski definition) is 3. The molecule has 4 N–H and O–H groups in total. The molecule has 0 aliphatic carbocycles. The van der Waals surface area contributed by atoms with Crippen molar-refractivity contribution in [2.45, 2.75) is 12.5 Å². The summed E-state index contributed by atoms with van der Waals surface area (Å²) in [5.74, 6) is -2.76. The van der Waals surface area contributed by atoms with Crippen molar-refractivity contribution in [3.05, 3.63) is 28.5 Å². The number of phenolic OH excluding ortho intramolecular Hbond substituents is 1. The molecule has 0 spiro atoms. The molecular formula is C9H9ClFNO3. The summed E-state index contributed by atoms with van der Waals surface area (Å²) in [5.41, 5.74) is 5.14. The van der Waals surface area contributed by atoms with Gasteiger partial charge in [-0.05, 0) is 12.1 Å². The fraction of sp³-hybridized carbons (Fsp3) is 0.222. The van der Waals surface area contributed by atoms with Crippen LogP contribution in [0.25, 0.3) is 0 Å². The number of nitrogens with two attached hydrogens (primary N) is 1. The van der Waals surface area contributed by atoms with Crippen LogP contribution in [0.4, 0.5) is 4.39 Å². The Morgan fingerprint density at radius 1 is 1.60 bits per heavy atom. The number of carboxylic acid groups (broad SMARTS) is 1. The summed E-state index contributed by atoms with van der Waals surface area (Å²) in [4.78, 5) is 10.5. The zero-order chi connectivity index (χ0) is 11.6. The van der Waals surface area contributed by atoms with Crippen LogP contribution in [0.1, 0.15) is 5.56 Å². The Morgan fingerprint density at radius 2 is 2.20 bits per heavy atom. The van der Waals surface area contributed by atoms with E-state index in [1.54, 1.807) is 0 Å². The lowest BCUT2D eigenvalue weighted by Gasteiger charge is -2.10. The predicted octanol–water partition coefficient (Wildman–Crippen LogP) is 1.14. The zero-order valence-electron chi connectivity index (χ0n) is 7.58. The monoisotopic (exact) mass is 233 g/mol. The van der Waals surface area contributed by atoms with Gasteiger partial charge in [-0.25, -0.2) is 4.39 Å². The van der Waals surface area contributed by atoms with E-state index in [1.807, 2.05) is 0 Å². The quantitative estimate of drug-likeness (QED) is 0.731. The largest absolute Gasteiger partial charge is 0.505 e. The molecule has 4 nitrogen and oxygen atoms in total. The molecule has 0 saturated heterocycles. The van der Waals surface area contributed by atoms with E-state index in [0.29, 0.717) is 0 Å². The van der Waals surface area contributed by atoms with E-state index < -0.39 is 23.6 Å². The fourth-order valence-corrected chi connectivity index (χ4v) is 1.30. The third-order valence-corrected chi connectivity index (χ3v) is 2.26. The van der Waals surface area contributed by atoms with Gasteiger partial charge < -0.3 is 15.9 Å². The van der Waals surface area contributed by atoms with Gasteiger partial charge in [-0.2, -0.15) is 0 Å². The third-order valence-electron chi connectivity index (χ3n) is 1.91. The molecule has 0 aromatic heterocycles. The number of carboxylic acids is 1. The highest BCUT2D eigenvalue weighted by atomic mass is 35.5. The van der Waals surface area contributed by atoms with Crippen LogP contribution in [0.2, 0.25) is 5.02 Å². The number of aliphatic carboxylic acids is 1. The van der Waals surface area contributed by atoms with Crippen LogP contribution in [0.5, 0.6) is 5.75 Å². The van der Waals surface area contributed by atoms with E-state index >= 15 is 0 Å². The maximum atomic E-state index is 13.3. The molecule has 0 saturated carbocycles. The zero-order valence-corrected chi connectivity index (χ0v) is 8.33. The number of hydrogen-bond donors (Lipinski definition) is 3. The summed E-state index contributed by atoms with van der Waals surface area (Å²) in [6.45, 7) is 0. The van der Waals surface area contributed by atoms with Crippen molar-refractivity contribution in [3.8, 4) is 5.75 Å². The minimum absolute atomic E-state index is 0.0435. The Labute approximate surface area is 90.1 Å². The van der Waals surface area contributed by atoms with Gasteiger partial charge in [-0.1, -0.05) is 11.6 Å². The third kappa shape index (κ3) is 2.57. The summed E-state index contributed by atoms with van der Waals surface area (Å²) in [6.07, 6.45) is -0.269. The molecule has 0 aliphatic rings. The molecule has 0 bridgehead atoms. The second-order valence-electron chi connectivity index (χ2n) is 3.01. The Balaban J connectivity index is 3.03. The van der Waals surface area contributed by atoms with E-state index in [2.05, 4.69) is 0 Å². The van der Waals surface area contributed by atoms with Crippen molar-refractivity contribution in [2.24, 2.45) is 5.73 Å². The van der Waals surface area contributed by atoms with Crippen LogP contribution in [-0.4, -0.2) is 22.2 Å². The summed E-state index contributed by atoms with van der Waals surface area (Å²) >= 11 is 5.65. The number of rotatable bonds is 3. The van der Waals surface area contributed by atoms with Crippen LogP contribution in [0, 0.1) is 5.82 Å². The number of benzene rings is 1. The molecule has 1 aromatic carbocycles. The standard InChI is InChI=1S/C9H9ClFNO3/c10-5-1-2-7(13)8(11)4(5)3-6(12)9(14)15/h1-2,6,13H,3,12H2,(H,14,15). The number of carbonyl (C=O) groups is 1.